The summed E-state index contributed by atoms with van der Waals surface area (Å²) in [7, 11) is 0. The van der Waals surface area contributed by atoms with E-state index >= 15 is 0 Å². The second-order valence-electron chi connectivity index (χ2n) is 6.91. The number of nitrogens with one attached hydrogen (secondary N) is 1. The van der Waals surface area contributed by atoms with E-state index in [1.165, 1.54) is 17.8 Å². The Balaban J connectivity index is 1.85. The molecular formula is C20H24N4O2S. The number of aryl methyl sites for hydroxylation is 2. The number of carbonyl (C=O) groups excluding carboxylic acids is 1. The van der Waals surface area contributed by atoms with Crippen molar-refractivity contribution in [2.24, 2.45) is 0 Å². The van der Waals surface area contributed by atoms with Gasteiger partial charge in [-0.05, 0) is 45.1 Å². The molecule has 2 aromatic rings. The van der Waals surface area contributed by atoms with E-state index in [0.717, 1.165) is 41.7 Å². The van der Waals surface area contributed by atoms with E-state index < -0.39 is 12.0 Å². The number of carbonyl (C=O) groups is 1. The highest BCUT2D eigenvalue weighted by molar-refractivity contribution is 7.15. The van der Waals surface area contributed by atoms with Gasteiger partial charge < -0.3 is 15.6 Å². The molecule has 1 aliphatic rings. The SMILES string of the molecule is Cc1ccc(C(Nc2ncc(C)s2)C(=[N+]=[N-])C(=O)OC2CCCCC2)cc1. The van der Waals surface area contributed by atoms with Crippen LogP contribution in [0, 0.1) is 13.8 Å². The third kappa shape index (κ3) is 5.02. The lowest BCUT2D eigenvalue weighted by Crippen LogP contribution is -2.33. The number of benzene rings is 1. The summed E-state index contributed by atoms with van der Waals surface area (Å²) in [4.78, 5) is 21.4. The van der Waals surface area contributed by atoms with Gasteiger partial charge in [0, 0.05) is 11.1 Å². The topological polar surface area (TPSA) is 87.6 Å². The Labute approximate surface area is 163 Å². The van der Waals surface area contributed by atoms with Crippen LogP contribution in [0.25, 0.3) is 5.53 Å². The molecule has 1 saturated carbocycles. The minimum absolute atomic E-state index is 0.0581. The number of esters is 1. The zero-order valence-electron chi connectivity index (χ0n) is 15.6. The third-order valence-corrected chi connectivity index (χ3v) is 5.56. The average Bonchev–Trinajstić information content (AvgIpc) is 3.08. The van der Waals surface area contributed by atoms with Crippen molar-refractivity contribution in [2.75, 3.05) is 5.32 Å². The first-order valence-electron chi connectivity index (χ1n) is 9.25. The van der Waals surface area contributed by atoms with E-state index in [-0.39, 0.29) is 11.8 Å². The van der Waals surface area contributed by atoms with Gasteiger partial charge in [-0.15, -0.1) is 11.3 Å². The average molecular weight is 385 g/mol. The van der Waals surface area contributed by atoms with Crippen molar-refractivity contribution in [3.63, 3.8) is 0 Å². The van der Waals surface area contributed by atoms with E-state index in [1.54, 1.807) is 6.20 Å². The fourth-order valence-electron chi connectivity index (χ4n) is 3.22. The van der Waals surface area contributed by atoms with Crippen LogP contribution in [-0.2, 0) is 9.53 Å². The van der Waals surface area contributed by atoms with E-state index in [0.29, 0.717) is 5.13 Å². The summed E-state index contributed by atoms with van der Waals surface area (Å²) in [5.41, 5.74) is 11.5. The van der Waals surface area contributed by atoms with Crippen LogP contribution >= 0.6 is 11.3 Å². The first-order valence-corrected chi connectivity index (χ1v) is 10.1. The molecule has 0 amide bonds. The van der Waals surface area contributed by atoms with Crippen molar-refractivity contribution in [3.8, 4) is 0 Å². The molecule has 1 fully saturated rings. The highest BCUT2D eigenvalue weighted by Crippen LogP contribution is 2.26. The summed E-state index contributed by atoms with van der Waals surface area (Å²) in [5.74, 6) is -0.587. The van der Waals surface area contributed by atoms with Crippen LogP contribution in [0.2, 0.25) is 0 Å². The number of hydrogen-bond donors (Lipinski definition) is 1. The van der Waals surface area contributed by atoms with Crippen LogP contribution in [0.4, 0.5) is 5.13 Å². The Morgan fingerprint density at radius 1 is 1.26 bits per heavy atom. The minimum Gasteiger partial charge on any atom is -0.454 e. The summed E-state index contributed by atoms with van der Waals surface area (Å²) < 4.78 is 5.63. The number of rotatable bonds is 6. The molecule has 7 heteroatoms. The molecule has 1 aliphatic carbocycles. The zero-order chi connectivity index (χ0) is 19.2. The third-order valence-electron chi connectivity index (χ3n) is 4.72. The maximum absolute atomic E-state index is 12.7. The van der Waals surface area contributed by atoms with E-state index in [4.69, 9.17) is 4.74 Å². The Kier molecular flexibility index (Phi) is 6.37. The van der Waals surface area contributed by atoms with Gasteiger partial charge in [-0.3, -0.25) is 0 Å². The summed E-state index contributed by atoms with van der Waals surface area (Å²) in [5, 5.41) is 3.88. The summed E-state index contributed by atoms with van der Waals surface area (Å²) in [6.07, 6.45) is 6.66. The van der Waals surface area contributed by atoms with Crippen molar-refractivity contribution in [3.05, 3.63) is 52.0 Å². The van der Waals surface area contributed by atoms with Crippen LogP contribution in [0.5, 0.6) is 0 Å². The molecule has 0 bridgehead atoms. The van der Waals surface area contributed by atoms with Crippen molar-refractivity contribution in [1.82, 2.24) is 4.98 Å². The number of hydrogen-bond acceptors (Lipinski definition) is 5. The van der Waals surface area contributed by atoms with Gasteiger partial charge in [0.15, 0.2) is 11.2 Å². The molecule has 0 aliphatic heterocycles. The van der Waals surface area contributed by atoms with Gasteiger partial charge in [-0.1, -0.05) is 36.2 Å². The molecule has 142 valence electrons. The maximum Gasteiger partial charge on any atom is 0.419 e. The minimum atomic E-state index is -0.641. The zero-order valence-corrected chi connectivity index (χ0v) is 16.5. The molecule has 27 heavy (non-hydrogen) atoms. The van der Waals surface area contributed by atoms with Crippen LogP contribution in [-0.4, -0.2) is 27.6 Å². The highest BCUT2D eigenvalue weighted by atomic mass is 32.1. The molecule has 1 heterocycles. The molecular weight excluding hydrogens is 360 g/mol. The lowest BCUT2D eigenvalue weighted by Gasteiger charge is -2.22. The monoisotopic (exact) mass is 384 g/mol. The van der Waals surface area contributed by atoms with Crippen molar-refractivity contribution in [2.45, 2.75) is 58.1 Å². The first kappa shape index (κ1) is 19.3. The van der Waals surface area contributed by atoms with Crippen LogP contribution in [0.1, 0.15) is 54.1 Å². The van der Waals surface area contributed by atoms with Crippen molar-refractivity contribution < 1.29 is 14.3 Å². The normalized spacial score (nSPS) is 15.6. The smallest absolute Gasteiger partial charge is 0.419 e. The highest BCUT2D eigenvalue weighted by Gasteiger charge is 2.36. The molecule has 0 saturated heterocycles. The number of aromatic nitrogens is 1. The Bertz CT molecular complexity index is 834. The number of nitrogens with zero attached hydrogens (tertiary/aromatic N) is 3. The van der Waals surface area contributed by atoms with Gasteiger partial charge in [0.2, 0.25) is 0 Å². The lowest BCUT2D eigenvalue weighted by atomic mass is 9.97. The maximum atomic E-state index is 12.7. The first-order chi connectivity index (χ1) is 13.1. The molecule has 0 spiro atoms. The second-order valence-corrected chi connectivity index (χ2v) is 8.15. The van der Waals surface area contributed by atoms with E-state index in [1.807, 2.05) is 38.1 Å². The van der Waals surface area contributed by atoms with E-state index in [2.05, 4.69) is 15.1 Å². The predicted molar refractivity (Wildman–Crippen MR) is 106 cm³/mol. The van der Waals surface area contributed by atoms with Gasteiger partial charge in [0.1, 0.15) is 6.10 Å². The number of ether oxygens (including phenoxy) is 1. The molecule has 0 radical (unpaired) electrons. The molecule has 1 atom stereocenters. The van der Waals surface area contributed by atoms with Crippen LogP contribution < -0.4 is 5.32 Å². The second kappa shape index (κ2) is 8.93. The van der Waals surface area contributed by atoms with E-state index in [9.17, 15) is 10.3 Å². The Morgan fingerprint density at radius 3 is 2.56 bits per heavy atom. The predicted octanol–water partition coefficient (Wildman–Crippen LogP) is 4.46. The molecule has 1 N–H and O–H groups in total. The molecule has 1 unspecified atom stereocenters. The Morgan fingerprint density at radius 2 is 1.96 bits per heavy atom. The quantitative estimate of drug-likeness (QED) is 0.345. The van der Waals surface area contributed by atoms with Gasteiger partial charge in [0.05, 0.1) is 0 Å². The standard InChI is InChI=1S/C20H24N4O2S/c1-13-8-10-15(11-9-13)17(23-20-22-12-14(2)27-20)18(24-21)19(25)26-16-6-4-3-5-7-16/h8-12,16-17H,3-7H2,1-2H3,(H,22,23). The fourth-order valence-corrected chi connectivity index (χ4v) is 3.92. The lowest BCUT2D eigenvalue weighted by molar-refractivity contribution is -0.147. The summed E-state index contributed by atoms with van der Waals surface area (Å²) in [6.45, 7) is 3.96. The van der Waals surface area contributed by atoms with Gasteiger partial charge in [0.25, 0.3) is 0 Å². The molecule has 3 rings (SSSR count). The van der Waals surface area contributed by atoms with Gasteiger partial charge in [-0.2, -0.15) is 4.79 Å². The summed E-state index contributed by atoms with van der Waals surface area (Å²) >= 11 is 1.48. The molecule has 1 aromatic heterocycles. The molecule has 1 aromatic carbocycles. The van der Waals surface area contributed by atoms with Crippen LogP contribution in [0.3, 0.4) is 0 Å². The Hall–Kier alpha value is -2.50. The van der Waals surface area contributed by atoms with Crippen LogP contribution in [0.15, 0.2) is 30.5 Å². The van der Waals surface area contributed by atoms with Crippen molar-refractivity contribution >= 4 is 28.1 Å². The van der Waals surface area contributed by atoms with Crippen molar-refractivity contribution in [1.29, 1.82) is 0 Å². The summed E-state index contributed by atoms with van der Waals surface area (Å²) in [6, 6.07) is 7.09. The number of thiazole rings is 1. The largest absolute Gasteiger partial charge is 0.454 e. The fraction of sp³-hybridized carbons (Fsp3) is 0.450. The molecule has 6 nitrogen and oxygen atoms in total. The van der Waals surface area contributed by atoms with Gasteiger partial charge in [-0.25, -0.2) is 9.78 Å². The number of anilines is 1. The van der Waals surface area contributed by atoms with Gasteiger partial charge >= 0.3 is 11.7 Å².